The van der Waals surface area contributed by atoms with Crippen molar-refractivity contribution in [1.29, 1.82) is 0 Å². The molecule has 0 unspecified atom stereocenters. The fourth-order valence-corrected chi connectivity index (χ4v) is 2.95. The molecular formula is C23H20BrN3O2. The van der Waals surface area contributed by atoms with E-state index in [9.17, 15) is 9.59 Å². The number of amides is 2. The Balaban J connectivity index is 1.70. The number of hydrogen-bond donors (Lipinski definition) is 2. The number of nitrogens with one attached hydrogen (secondary N) is 2. The van der Waals surface area contributed by atoms with Crippen LogP contribution in [0, 0.1) is 0 Å². The Bertz CT molecular complexity index is 974. The van der Waals surface area contributed by atoms with E-state index in [-0.39, 0.29) is 11.8 Å². The molecule has 2 N–H and O–H groups in total. The minimum Gasteiger partial charge on any atom is -0.340 e. The predicted octanol–water partition coefficient (Wildman–Crippen LogP) is 3.94. The molecule has 1 atom stereocenters. The van der Waals surface area contributed by atoms with Crippen molar-refractivity contribution in [1.82, 2.24) is 10.7 Å². The molecule has 6 heteroatoms. The van der Waals surface area contributed by atoms with Crippen LogP contribution in [0.1, 0.15) is 21.5 Å². The van der Waals surface area contributed by atoms with Gasteiger partial charge in [0.2, 0.25) is 0 Å². The summed E-state index contributed by atoms with van der Waals surface area (Å²) in [4.78, 5) is 25.3. The fourth-order valence-electron chi connectivity index (χ4n) is 2.69. The van der Waals surface area contributed by atoms with Gasteiger partial charge in [-0.05, 0) is 35.4 Å². The van der Waals surface area contributed by atoms with Gasteiger partial charge in [-0.25, -0.2) is 5.43 Å². The lowest BCUT2D eigenvalue weighted by molar-refractivity contribution is -0.122. The summed E-state index contributed by atoms with van der Waals surface area (Å²) >= 11 is 3.38. The molecule has 0 saturated carbocycles. The molecule has 3 aromatic carbocycles. The van der Waals surface area contributed by atoms with E-state index in [1.807, 2.05) is 60.7 Å². The smallest absolute Gasteiger partial charge is 0.262 e. The summed E-state index contributed by atoms with van der Waals surface area (Å²) in [7, 11) is 0. The number of rotatable bonds is 7. The number of hydrogen-bond acceptors (Lipinski definition) is 3. The topological polar surface area (TPSA) is 70.6 Å². The van der Waals surface area contributed by atoms with Crippen LogP contribution in [-0.2, 0) is 11.2 Å². The number of benzene rings is 3. The summed E-state index contributed by atoms with van der Waals surface area (Å²) in [5.41, 5.74) is 4.82. The fraction of sp³-hybridized carbons (Fsp3) is 0.0870. The SMILES string of the molecule is O=C(N[C@@H](Cc1ccccc1)C(=O)N/N=C\c1ccc(Br)cc1)c1ccccc1. The van der Waals surface area contributed by atoms with Crippen molar-refractivity contribution in [3.05, 3.63) is 106 Å². The summed E-state index contributed by atoms with van der Waals surface area (Å²) in [5, 5.41) is 6.83. The van der Waals surface area contributed by atoms with Crippen LogP contribution in [0.15, 0.2) is 94.5 Å². The van der Waals surface area contributed by atoms with Crippen LogP contribution in [-0.4, -0.2) is 24.1 Å². The van der Waals surface area contributed by atoms with E-state index in [4.69, 9.17) is 0 Å². The molecule has 29 heavy (non-hydrogen) atoms. The van der Waals surface area contributed by atoms with Gasteiger partial charge in [-0.1, -0.05) is 76.6 Å². The first-order valence-electron chi connectivity index (χ1n) is 9.10. The minimum absolute atomic E-state index is 0.307. The molecule has 5 nitrogen and oxygen atoms in total. The number of halogens is 1. The first-order chi connectivity index (χ1) is 14.1. The van der Waals surface area contributed by atoms with Gasteiger partial charge in [0.05, 0.1) is 6.21 Å². The molecule has 0 fully saturated rings. The number of carbonyl (C=O) groups is 2. The van der Waals surface area contributed by atoms with Gasteiger partial charge in [-0.15, -0.1) is 0 Å². The number of hydrazone groups is 1. The molecule has 0 radical (unpaired) electrons. The zero-order valence-corrected chi connectivity index (χ0v) is 17.2. The largest absolute Gasteiger partial charge is 0.340 e. The lowest BCUT2D eigenvalue weighted by Gasteiger charge is -2.17. The second-order valence-electron chi connectivity index (χ2n) is 6.37. The first-order valence-corrected chi connectivity index (χ1v) is 9.89. The van der Waals surface area contributed by atoms with Gasteiger partial charge in [0.15, 0.2) is 0 Å². The maximum atomic E-state index is 12.7. The van der Waals surface area contributed by atoms with Crippen molar-refractivity contribution in [2.75, 3.05) is 0 Å². The molecule has 146 valence electrons. The van der Waals surface area contributed by atoms with E-state index in [2.05, 4.69) is 31.8 Å². The van der Waals surface area contributed by atoms with E-state index in [0.717, 1.165) is 15.6 Å². The highest BCUT2D eigenvalue weighted by molar-refractivity contribution is 9.10. The van der Waals surface area contributed by atoms with Gasteiger partial charge >= 0.3 is 0 Å². The van der Waals surface area contributed by atoms with E-state index in [0.29, 0.717) is 12.0 Å². The van der Waals surface area contributed by atoms with Crippen LogP contribution in [0.25, 0.3) is 0 Å². The molecule has 0 bridgehead atoms. The third kappa shape index (κ3) is 6.40. The molecule has 0 aliphatic rings. The van der Waals surface area contributed by atoms with Gasteiger partial charge in [-0.3, -0.25) is 9.59 Å². The van der Waals surface area contributed by atoms with Crippen LogP contribution in [0.3, 0.4) is 0 Å². The van der Waals surface area contributed by atoms with Gasteiger partial charge < -0.3 is 5.32 Å². The molecule has 0 saturated heterocycles. The van der Waals surface area contributed by atoms with Crippen LogP contribution in [0.2, 0.25) is 0 Å². The van der Waals surface area contributed by atoms with Crippen molar-refractivity contribution in [3.8, 4) is 0 Å². The Morgan fingerprint density at radius 1 is 0.897 bits per heavy atom. The zero-order chi connectivity index (χ0) is 20.5. The van der Waals surface area contributed by atoms with Crippen molar-refractivity contribution in [2.24, 2.45) is 5.10 Å². The molecule has 0 heterocycles. The van der Waals surface area contributed by atoms with Gasteiger partial charge in [-0.2, -0.15) is 5.10 Å². The Kier molecular flexibility index (Phi) is 7.30. The molecule has 3 rings (SSSR count). The molecule has 0 spiro atoms. The maximum absolute atomic E-state index is 12.7. The number of nitrogens with zero attached hydrogens (tertiary/aromatic N) is 1. The van der Waals surface area contributed by atoms with Crippen LogP contribution in [0.5, 0.6) is 0 Å². The zero-order valence-electron chi connectivity index (χ0n) is 15.6. The van der Waals surface area contributed by atoms with E-state index >= 15 is 0 Å². The van der Waals surface area contributed by atoms with Crippen molar-refractivity contribution < 1.29 is 9.59 Å². The highest BCUT2D eigenvalue weighted by atomic mass is 79.9. The van der Waals surface area contributed by atoms with Gasteiger partial charge in [0.25, 0.3) is 11.8 Å². The third-order valence-electron chi connectivity index (χ3n) is 4.20. The quantitative estimate of drug-likeness (QED) is 0.423. The Morgan fingerprint density at radius 3 is 2.17 bits per heavy atom. The Hall–Kier alpha value is -3.25. The Morgan fingerprint density at radius 2 is 1.52 bits per heavy atom. The summed E-state index contributed by atoms with van der Waals surface area (Å²) in [6.45, 7) is 0. The normalized spacial score (nSPS) is 11.8. The van der Waals surface area contributed by atoms with E-state index in [1.54, 1.807) is 30.5 Å². The molecule has 3 aromatic rings. The minimum atomic E-state index is -0.757. The standard InChI is InChI=1S/C23H20BrN3O2/c24-20-13-11-18(12-14-20)16-25-27-23(29)21(15-17-7-3-1-4-8-17)26-22(28)19-9-5-2-6-10-19/h1-14,16,21H,15H2,(H,26,28)(H,27,29)/b25-16-/t21-/m0/s1. The van der Waals surface area contributed by atoms with E-state index in [1.165, 1.54) is 0 Å². The molecule has 0 aliphatic heterocycles. The number of carbonyl (C=O) groups excluding carboxylic acids is 2. The molecule has 0 aliphatic carbocycles. The van der Waals surface area contributed by atoms with Crippen LogP contribution < -0.4 is 10.7 Å². The van der Waals surface area contributed by atoms with Crippen molar-refractivity contribution >= 4 is 34.0 Å². The highest BCUT2D eigenvalue weighted by Gasteiger charge is 2.21. The average molecular weight is 450 g/mol. The van der Waals surface area contributed by atoms with Crippen LogP contribution in [0.4, 0.5) is 0 Å². The lowest BCUT2D eigenvalue weighted by atomic mass is 10.0. The predicted molar refractivity (Wildman–Crippen MR) is 118 cm³/mol. The lowest BCUT2D eigenvalue weighted by Crippen LogP contribution is -2.46. The highest BCUT2D eigenvalue weighted by Crippen LogP contribution is 2.09. The molecular weight excluding hydrogens is 430 g/mol. The first kappa shape index (κ1) is 20.5. The second kappa shape index (κ2) is 10.3. The monoisotopic (exact) mass is 449 g/mol. The maximum Gasteiger partial charge on any atom is 0.262 e. The summed E-state index contributed by atoms with van der Waals surface area (Å²) in [6.07, 6.45) is 1.92. The molecule has 2 amide bonds. The van der Waals surface area contributed by atoms with E-state index < -0.39 is 6.04 Å². The molecule has 0 aromatic heterocycles. The summed E-state index contributed by atoms with van der Waals surface area (Å²) < 4.78 is 0.963. The Labute approximate surface area is 178 Å². The third-order valence-corrected chi connectivity index (χ3v) is 4.73. The average Bonchev–Trinajstić information content (AvgIpc) is 2.76. The second-order valence-corrected chi connectivity index (χ2v) is 7.28. The van der Waals surface area contributed by atoms with Crippen LogP contribution >= 0.6 is 15.9 Å². The summed E-state index contributed by atoms with van der Waals surface area (Å²) in [6, 6.07) is 25.1. The summed E-state index contributed by atoms with van der Waals surface area (Å²) in [5.74, 6) is -0.690. The van der Waals surface area contributed by atoms with Crippen molar-refractivity contribution in [2.45, 2.75) is 12.5 Å². The van der Waals surface area contributed by atoms with Gasteiger partial charge in [0.1, 0.15) is 6.04 Å². The van der Waals surface area contributed by atoms with Gasteiger partial charge in [0, 0.05) is 16.5 Å². The van der Waals surface area contributed by atoms with Crippen molar-refractivity contribution in [3.63, 3.8) is 0 Å².